The molecule has 3 heteroatoms. The molecule has 2 aromatic carbocycles. The SMILES string of the molecule is c1ccc([C@@H]2NC(c3cccnc3)N[C@H]2c2ccccc2)cc1. The van der Waals surface area contributed by atoms with Crippen molar-refractivity contribution < 1.29 is 0 Å². The molecule has 23 heavy (non-hydrogen) atoms. The minimum atomic E-state index is 0.0964. The Labute approximate surface area is 136 Å². The number of hydrogen-bond donors (Lipinski definition) is 2. The van der Waals surface area contributed by atoms with Crippen LogP contribution in [0.15, 0.2) is 85.2 Å². The van der Waals surface area contributed by atoms with Crippen molar-refractivity contribution in [2.24, 2.45) is 0 Å². The van der Waals surface area contributed by atoms with Gasteiger partial charge in [0.05, 0.1) is 18.2 Å². The van der Waals surface area contributed by atoms with E-state index in [-0.39, 0.29) is 18.2 Å². The minimum absolute atomic E-state index is 0.0964. The first-order chi connectivity index (χ1) is 11.4. The van der Waals surface area contributed by atoms with Crippen molar-refractivity contribution in [1.29, 1.82) is 0 Å². The molecule has 0 radical (unpaired) electrons. The summed E-state index contributed by atoms with van der Waals surface area (Å²) in [6.07, 6.45) is 3.82. The minimum Gasteiger partial charge on any atom is -0.289 e. The first-order valence-electron chi connectivity index (χ1n) is 7.94. The molecular formula is C20H19N3. The van der Waals surface area contributed by atoms with E-state index in [4.69, 9.17) is 0 Å². The van der Waals surface area contributed by atoms with Gasteiger partial charge in [0.2, 0.25) is 0 Å². The molecule has 1 saturated heterocycles. The van der Waals surface area contributed by atoms with Crippen LogP contribution in [0, 0.1) is 0 Å². The van der Waals surface area contributed by atoms with Gasteiger partial charge in [-0.25, -0.2) is 0 Å². The Hall–Kier alpha value is -2.49. The molecule has 2 N–H and O–H groups in total. The molecule has 2 atom stereocenters. The Morgan fingerprint density at radius 1 is 0.609 bits per heavy atom. The largest absolute Gasteiger partial charge is 0.289 e. The first-order valence-corrected chi connectivity index (χ1v) is 7.94. The second kappa shape index (κ2) is 6.32. The maximum atomic E-state index is 4.24. The summed E-state index contributed by atoms with van der Waals surface area (Å²) in [5, 5.41) is 7.44. The van der Waals surface area contributed by atoms with E-state index in [1.807, 2.05) is 18.5 Å². The summed E-state index contributed by atoms with van der Waals surface area (Å²) in [5.74, 6) is 0. The van der Waals surface area contributed by atoms with Gasteiger partial charge >= 0.3 is 0 Å². The standard InChI is InChI=1S/C20H19N3/c1-3-8-15(9-4-1)18-19(16-10-5-2-6-11-16)23-20(22-18)17-12-7-13-21-14-17/h1-14,18-20,22-23H/t18-,19-/m0/s1. The summed E-state index contributed by atoms with van der Waals surface area (Å²) in [6.45, 7) is 0. The molecular weight excluding hydrogens is 282 g/mol. The molecule has 0 saturated carbocycles. The van der Waals surface area contributed by atoms with Crippen LogP contribution in [0.25, 0.3) is 0 Å². The molecule has 1 aliphatic heterocycles. The van der Waals surface area contributed by atoms with Crippen LogP contribution in [0.5, 0.6) is 0 Å². The molecule has 4 rings (SSSR count). The zero-order chi connectivity index (χ0) is 15.5. The molecule has 0 aliphatic carbocycles. The van der Waals surface area contributed by atoms with E-state index in [1.165, 1.54) is 11.1 Å². The Morgan fingerprint density at radius 3 is 1.61 bits per heavy atom. The summed E-state index contributed by atoms with van der Waals surface area (Å²) >= 11 is 0. The molecule has 0 bridgehead atoms. The van der Waals surface area contributed by atoms with Crippen LogP contribution < -0.4 is 10.6 Å². The maximum Gasteiger partial charge on any atom is 0.0861 e. The Morgan fingerprint density at radius 2 is 1.13 bits per heavy atom. The van der Waals surface area contributed by atoms with Gasteiger partial charge in [-0.2, -0.15) is 0 Å². The topological polar surface area (TPSA) is 37.0 Å². The fourth-order valence-corrected chi connectivity index (χ4v) is 3.24. The van der Waals surface area contributed by atoms with Crippen LogP contribution in [0.3, 0.4) is 0 Å². The molecule has 1 fully saturated rings. The van der Waals surface area contributed by atoms with Crippen molar-refractivity contribution in [2.45, 2.75) is 18.2 Å². The molecule has 1 aromatic heterocycles. The number of pyridine rings is 1. The number of rotatable bonds is 3. The second-order valence-corrected chi connectivity index (χ2v) is 5.83. The van der Waals surface area contributed by atoms with Crippen molar-refractivity contribution in [3.05, 3.63) is 102 Å². The van der Waals surface area contributed by atoms with Gasteiger partial charge in [-0.05, 0) is 17.2 Å². The molecule has 3 aromatic rings. The number of aromatic nitrogens is 1. The van der Waals surface area contributed by atoms with E-state index in [0.717, 1.165) is 5.56 Å². The van der Waals surface area contributed by atoms with Gasteiger partial charge in [0.15, 0.2) is 0 Å². The number of nitrogens with zero attached hydrogens (tertiary/aromatic N) is 1. The molecule has 0 amide bonds. The molecule has 1 aliphatic rings. The number of hydrogen-bond acceptors (Lipinski definition) is 3. The van der Waals surface area contributed by atoms with Gasteiger partial charge in [-0.1, -0.05) is 66.7 Å². The van der Waals surface area contributed by atoms with Crippen LogP contribution in [-0.2, 0) is 0 Å². The van der Waals surface area contributed by atoms with Crippen LogP contribution in [0.2, 0.25) is 0 Å². The lowest BCUT2D eigenvalue weighted by Gasteiger charge is -2.19. The molecule has 0 spiro atoms. The fraction of sp³-hybridized carbons (Fsp3) is 0.150. The molecule has 0 unspecified atom stereocenters. The van der Waals surface area contributed by atoms with E-state index in [1.54, 1.807) is 0 Å². The third-order valence-electron chi connectivity index (χ3n) is 4.36. The van der Waals surface area contributed by atoms with E-state index in [9.17, 15) is 0 Å². The average Bonchev–Trinajstić information content (AvgIpc) is 3.09. The third-order valence-corrected chi connectivity index (χ3v) is 4.36. The van der Waals surface area contributed by atoms with Crippen LogP contribution in [0.1, 0.15) is 34.9 Å². The van der Waals surface area contributed by atoms with Gasteiger partial charge in [-0.15, -0.1) is 0 Å². The van der Waals surface area contributed by atoms with E-state index < -0.39 is 0 Å². The van der Waals surface area contributed by atoms with Crippen molar-refractivity contribution >= 4 is 0 Å². The lowest BCUT2D eigenvalue weighted by atomic mass is 9.95. The van der Waals surface area contributed by atoms with Crippen molar-refractivity contribution in [3.63, 3.8) is 0 Å². The summed E-state index contributed by atoms with van der Waals surface area (Å²) in [4.78, 5) is 4.24. The predicted octanol–water partition coefficient (Wildman–Crippen LogP) is 3.76. The van der Waals surface area contributed by atoms with Crippen molar-refractivity contribution in [3.8, 4) is 0 Å². The zero-order valence-corrected chi connectivity index (χ0v) is 12.8. The van der Waals surface area contributed by atoms with E-state index in [2.05, 4.69) is 82.3 Å². The summed E-state index contributed by atoms with van der Waals surface area (Å²) in [5.41, 5.74) is 3.74. The lowest BCUT2D eigenvalue weighted by molar-refractivity contribution is 0.552. The van der Waals surface area contributed by atoms with Crippen molar-refractivity contribution in [2.75, 3.05) is 0 Å². The van der Waals surface area contributed by atoms with Gasteiger partial charge in [-0.3, -0.25) is 15.6 Å². The fourth-order valence-electron chi connectivity index (χ4n) is 3.24. The van der Waals surface area contributed by atoms with Crippen LogP contribution in [-0.4, -0.2) is 4.98 Å². The second-order valence-electron chi connectivity index (χ2n) is 5.83. The number of benzene rings is 2. The van der Waals surface area contributed by atoms with Gasteiger partial charge < -0.3 is 0 Å². The third kappa shape index (κ3) is 2.89. The highest BCUT2D eigenvalue weighted by molar-refractivity contribution is 5.31. The van der Waals surface area contributed by atoms with Gasteiger partial charge in [0.1, 0.15) is 0 Å². The average molecular weight is 301 g/mol. The predicted molar refractivity (Wildman–Crippen MR) is 91.6 cm³/mol. The maximum absolute atomic E-state index is 4.24. The Bertz CT molecular complexity index is 696. The molecule has 114 valence electrons. The zero-order valence-electron chi connectivity index (χ0n) is 12.8. The Kier molecular flexibility index (Phi) is 3.88. The van der Waals surface area contributed by atoms with Crippen molar-refractivity contribution in [1.82, 2.24) is 15.6 Å². The normalized spacial score (nSPS) is 21.4. The quantitative estimate of drug-likeness (QED) is 0.773. The Balaban J connectivity index is 1.70. The van der Waals surface area contributed by atoms with Crippen LogP contribution in [0.4, 0.5) is 0 Å². The lowest BCUT2D eigenvalue weighted by Crippen LogP contribution is -2.22. The highest BCUT2D eigenvalue weighted by Gasteiger charge is 2.35. The summed E-state index contributed by atoms with van der Waals surface area (Å²) < 4.78 is 0. The van der Waals surface area contributed by atoms with Crippen LogP contribution >= 0.6 is 0 Å². The highest BCUT2D eigenvalue weighted by atomic mass is 15.2. The van der Waals surface area contributed by atoms with Gasteiger partial charge in [0.25, 0.3) is 0 Å². The smallest absolute Gasteiger partial charge is 0.0861 e. The molecule has 2 heterocycles. The van der Waals surface area contributed by atoms with Gasteiger partial charge in [0, 0.05) is 18.0 Å². The monoisotopic (exact) mass is 301 g/mol. The first kappa shape index (κ1) is 14.1. The molecule has 3 nitrogen and oxygen atoms in total. The summed E-state index contributed by atoms with van der Waals surface area (Å²) in [6, 6.07) is 25.7. The van der Waals surface area contributed by atoms with E-state index >= 15 is 0 Å². The number of nitrogens with one attached hydrogen (secondary N) is 2. The summed E-state index contributed by atoms with van der Waals surface area (Å²) in [7, 11) is 0. The highest BCUT2D eigenvalue weighted by Crippen LogP contribution is 2.37. The van der Waals surface area contributed by atoms with E-state index in [0.29, 0.717) is 0 Å².